The molecule has 2 N–H and O–H groups in total. The average molecular weight is 394 g/mol. The second-order valence-electron chi connectivity index (χ2n) is 6.45. The summed E-state index contributed by atoms with van der Waals surface area (Å²) in [5.41, 5.74) is 3.02. The van der Waals surface area contributed by atoms with Crippen LogP contribution in [-0.2, 0) is 0 Å². The first kappa shape index (κ1) is 19.6. The van der Waals surface area contributed by atoms with Gasteiger partial charge in [0.05, 0.1) is 6.04 Å². The molecule has 0 saturated carbocycles. The monoisotopic (exact) mass is 393 g/mol. The number of rotatable bonds is 5. The standard InChI is InChI=1S/C22H20ClN3O2/c1-14-8-9-18(23)13-19(14)26-21(27)17-10-11-24-20(12-17)22(28)25-15(2)16-6-4-3-5-7-16/h3-13,15H,1-2H3,(H,25,28)(H,26,27). The van der Waals surface area contributed by atoms with Crippen LogP contribution in [0.4, 0.5) is 5.69 Å². The zero-order chi connectivity index (χ0) is 20.1. The maximum Gasteiger partial charge on any atom is 0.270 e. The lowest BCUT2D eigenvalue weighted by Gasteiger charge is -2.14. The number of carbonyl (C=O) groups excluding carboxylic acids is 2. The molecule has 6 heteroatoms. The summed E-state index contributed by atoms with van der Waals surface area (Å²) < 4.78 is 0. The predicted molar refractivity (Wildman–Crippen MR) is 111 cm³/mol. The minimum absolute atomic E-state index is 0.179. The van der Waals surface area contributed by atoms with Crippen LogP contribution in [0.1, 0.15) is 44.9 Å². The number of aryl methyl sites for hydroxylation is 1. The third kappa shape index (κ3) is 4.75. The normalized spacial score (nSPS) is 11.5. The minimum atomic E-state index is -0.343. The van der Waals surface area contributed by atoms with Gasteiger partial charge in [-0.3, -0.25) is 14.6 Å². The molecule has 2 aromatic carbocycles. The summed E-state index contributed by atoms with van der Waals surface area (Å²) in [6.45, 7) is 3.77. The molecule has 0 radical (unpaired) electrons. The van der Waals surface area contributed by atoms with E-state index in [0.717, 1.165) is 11.1 Å². The van der Waals surface area contributed by atoms with E-state index in [-0.39, 0.29) is 23.6 Å². The predicted octanol–water partition coefficient (Wildman–Crippen LogP) is 4.79. The molecule has 0 aliphatic heterocycles. The summed E-state index contributed by atoms with van der Waals surface area (Å²) in [6.07, 6.45) is 1.45. The number of anilines is 1. The largest absolute Gasteiger partial charge is 0.344 e. The van der Waals surface area contributed by atoms with Gasteiger partial charge in [-0.05, 0) is 49.2 Å². The van der Waals surface area contributed by atoms with Crippen molar-refractivity contribution in [1.82, 2.24) is 10.3 Å². The summed E-state index contributed by atoms with van der Waals surface area (Å²) in [6, 6.07) is 17.8. The SMILES string of the molecule is Cc1ccc(Cl)cc1NC(=O)c1ccnc(C(=O)NC(C)c2ccccc2)c1. The number of nitrogens with zero attached hydrogens (tertiary/aromatic N) is 1. The molecule has 5 nitrogen and oxygen atoms in total. The van der Waals surface area contributed by atoms with E-state index in [0.29, 0.717) is 16.3 Å². The van der Waals surface area contributed by atoms with Crippen LogP contribution in [0.3, 0.4) is 0 Å². The fourth-order valence-electron chi connectivity index (χ4n) is 2.71. The number of carbonyl (C=O) groups is 2. The lowest BCUT2D eigenvalue weighted by Crippen LogP contribution is -2.27. The zero-order valence-electron chi connectivity index (χ0n) is 15.6. The quantitative estimate of drug-likeness (QED) is 0.654. The van der Waals surface area contributed by atoms with E-state index in [2.05, 4.69) is 15.6 Å². The van der Waals surface area contributed by atoms with Crippen molar-refractivity contribution < 1.29 is 9.59 Å². The number of pyridine rings is 1. The first-order chi connectivity index (χ1) is 13.4. The van der Waals surface area contributed by atoms with E-state index >= 15 is 0 Å². The molecular formula is C22H20ClN3O2. The highest BCUT2D eigenvalue weighted by molar-refractivity contribution is 6.31. The molecule has 0 bridgehead atoms. The molecule has 1 aromatic heterocycles. The molecule has 1 heterocycles. The van der Waals surface area contributed by atoms with E-state index < -0.39 is 0 Å². The van der Waals surface area contributed by atoms with Gasteiger partial charge in [-0.25, -0.2) is 0 Å². The Balaban J connectivity index is 1.73. The Bertz CT molecular complexity index is 1010. The fourth-order valence-corrected chi connectivity index (χ4v) is 2.89. The Hall–Kier alpha value is -3.18. The number of nitrogens with one attached hydrogen (secondary N) is 2. The fraction of sp³-hybridized carbons (Fsp3) is 0.136. The first-order valence-corrected chi connectivity index (χ1v) is 9.21. The third-order valence-electron chi connectivity index (χ3n) is 4.35. The van der Waals surface area contributed by atoms with Crippen LogP contribution >= 0.6 is 11.6 Å². The zero-order valence-corrected chi connectivity index (χ0v) is 16.3. The Morgan fingerprint density at radius 3 is 2.50 bits per heavy atom. The summed E-state index contributed by atoms with van der Waals surface area (Å²) in [5.74, 6) is -0.678. The molecule has 1 unspecified atom stereocenters. The molecule has 0 saturated heterocycles. The topological polar surface area (TPSA) is 71.1 Å². The van der Waals surface area contributed by atoms with E-state index in [9.17, 15) is 9.59 Å². The van der Waals surface area contributed by atoms with Crippen LogP contribution < -0.4 is 10.6 Å². The molecule has 142 valence electrons. The second-order valence-corrected chi connectivity index (χ2v) is 6.89. The second kappa shape index (κ2) is 8.67. The van der Waals surface area contributed by atoms with Crippen molar-refractivity contribution >= 4 is 29.1 Å². The van der Waals surface area contributed by atoms with Gasteiger partial charge in [0.15, 0.2) is 0 Å². The Kier molecular flexibility index (Phi) is 6.06. The van der Waals surface area contributed by atoms with Gasteiger partial charge in [0, 0.05) is 22.5 Å². The van der Waals surface area contributed by atoms with Crippen LogP contribution in [0.5, 0.6) is 0 Å². The van der Waals surface area contributed by atoms with Crippen LogP contribution in [-0.4, -0.2) is 16.8 Å². The van der Waals surface area contributed by atoms with Gasteiger partial charge < -0.3 is 10.6 Å². The van der Waals surface area contributed by atoms with Crippen LogP contribution in [0.2, 0.25) is 5.02 Å². The van der Waals surface area contributed by atoms with Gasteiger partial charge >= 0.3 is 0 Å². The van der Waals surface area contributed by atoms with Crippen LogP contribution in [0.25, 0.3) is 0 Å². The number of benzene rings is 2. The molecule has 1 atom stereocenters. The highest BCUT2D eigenvalue weighted by Gasteiger charge is 2.15. The molecular weight excluding hydrogens is 374 g/mol. The van der Waals surface area contributed by atoms with Gasteiger partial charge in [0.1, 0.15) is 5.69 Å². The maximum absolute atomic E-state index is 12.6. The van der Waals surface area contributed by atoms with Crippen LogP contribution in [0, 0.1) is 6.92 Å². The van der Waals surface area contributed by atoms with Crippen molar-refractivity contribution in [3.8, 4) is 0 Å². The first-order valence-electron chi connectivity index (χ1n) is 8.83. The average Bonchev–Trinajstić information content (AvgIpc) is 2.71. The van der Waals surface area contributed by atoms with Crippen molar-refractivity contribution in [3.63, 3.8) is 0 Å². The van der Waals surface area contributed by atoms with Crippen molar-refractivity contribution in [3.05, 3.63) is 94.3 Å². The summed E-state index contributed by atoms with van der Waals surface area (Å²) in [4.78, 5) is 29.2. The lowest BCUT2D eigenvalue weighted by atomic mass is 10.1. The van der Waals surface area contributed by atoms with Gasteiger partial charge in [-0.2, -0.15) is 0 Å². The molecule has 0 aliphatic carbocycles. The van der Waals surface area contributed by atoms with E-state index in [1.165, 1.54) is 12.3 Å². The molecule has 0 aliphatic rings. The van der Waals surface area contributed by atoms with E-state index in [1.54, 1.807) is 18.2 Å². The number of aromatic nitrogens is 1. The van der Waals surface area contributed by atoms with Gasteiger partial charge in [0.2, 0.25) is 0 Å². The summed E-state index contributed by atoms with van der Waals surface area (Å²) in [7, 11) is 0. The number of hydrogen-bond acceptors (Lipinski definition) is 3. The molecule has 3 aromatic rings. The Labute approximate surface area is 168 Å². The smallest absolute Gasteiger partial charge is 0.270 e. The molecule has 0 spiro atoms. The summed E-state index contributed by atoms with van der Waals surface area (Å²) in [5, 5.41) is 6.24. The highest BCUT2D eigenvalue weighted by atomic mass is 35.5. The highest BCUT2D eigenvalue weighted by Crippen LogP contribution is 2.21. The van der Waals surface area contributed by atoms with Gasteiger partial charge in [-0.15, -0.1) is 0 Å². The molecule has 3 rings (SSSR count). The summed E-state index contributed by atoms with van der Waals surface area (Å²) >= 11 is 6.00. The van der Waals surface area contributed by atoms with Crippen LogP contribution in [0.15, 0.2) is 66.9 Å². The third-order valence-corrected chi connectivity index (χ3v) is 4.58. The number of hydrogen-bond donors (Lipinski definition) is 2. The number of halogens is 1. The molecule has 2 amide bonds. The minimum Gasteiger partial charge on any atom is -0.344 e. The molecule has 28 heavy (non-hydrogen) atoms. The van der Waals surface area contributed by atoms with Crippen molar-refractivity contribution in [2.24, 2.45) is 0 Å². The lowest BCUT2D eigenvalue weighted by molar-refractivity contribution is 0.0935. The number of amides is 2. The van der Waals surface area contributed by atoms with Gasteiger partial charge in [-0.1, -0.05) is 48.0 Å². The van der Waals surface area contributed by atoms with Crippen molar-refractivity contribution in [2.45, 2.75) is 19.9 Å². The van der Waals surface area contributed by atoms with Crippen molar-refractivity contribution in [2.75, 3.05) is 5.32 Å². The van der Waals surface area contributed by atoms with E-state index in [4.69, 9.17) is 11.6 Å². The van der Waals surface area contributed by atoms with Gasteiger partial charge in [0.25, 0.3) is 11.8 Å². The Morgan fingerprint density at radius 2 is 1.75 bits per heavy atom. The Morgan fingerprint density at radius 1 is 1.00 bits per heavy atom. The molecule has 0 fully saturated rings. The van der Waals surface area contributed by atoms with E-state index in [1.807, 2.05) is 50.2 Å². The van der Waals surface area contributed by atoms with Crippen molar-refractivity contribution in [1.29, 1.82) is 0 Å². The maximum atomic E-state index is 12.6.